The van der Waals surface area contributed by atoms with Crippen LogP contribution >= 0.6 is 0 Å². The highest BCUT2D eigenvalue weighted by Crippen LogP contribution is 2.13. The number of benzene rings is 1. The molecule has 5 heteroatoms. The second kappa shape index (κ2) is 5.75. The van der Waals surface area contributed by atoms with Crippen molar-refractivity contribution >= 4 is 0 Å². The largest absolute Gasteiger partial charge is 0.508 e. The Labute approximate surface area is 92.1 Å². The van der Waals surface area contributed by atoms with E-state index in [9.17, 15) is 18.3 Å². The summed E-state index contributed by atoms with van der Waals surface area (Å²) >= 11 is 0. The third-order valence-electron chi connectivity index (χ3n) is 2.12. The number of hydrogen-bond acceptors (Lipinski definition) is 2. The van der Waals surface area contributed by atoms with Gasteiger partial charge in [0.2, 0.25) is 6.30 Å². The Balaban J connectivity index is 2.48. The molecule has 2 N–H and O–H groups in total. The molecule has 1 aromatic rings. The maximum absolute atomic E-state index is 12.6. The standard InChI is InChI=1S/C11H14F3NO/c1-7(15-11(14)10(12)13)5-8-3-2-4-9(16)6-8/h2-4,6-7,10-11,15-16H,5H2,1H3. The molecule has 0 amide bonds. The summed E-state index contributed by atoms with van der Waals surface area (Å²) < 4.78 is 36.5. The topological polar surface area (TPSA) is 32.3 Å². The highest BCUT2D eigenvalue weighted by Gasteiger charge is 2.20. The lowest BCUT2D eigenvalue weighted by Gasteiger charge is -2.16. The minimum absolute atomic E-state index is 0.107. The number of phenolic OH excluding ortho intramolecular Hbond substituents is 1. The van der Waals surface area contributed by atoms with Crippen LogP contribution in [0.1, 0.15) is 12.5 Å². The van der Waals surface area contributed by atoms with Crippen molar-refractivity contribution in [2.24, 2.45) is 0 Å². The van der Waals surface area contributed by atoms with Crippen molar-refractivity contribution in [2.75, 3.05) is 0 Å². The fourth-order valence-electron chi connectivity index (χ4n) is 1.44. The lowest BCUT2D eigenvalue weighted by atomic mass is 10.1. The predicted octanol–water partition coefficient (Wildman–Crippen LogP) is 2.47. The van der Waals surface area contributed by atoms with Gasteiger partial charge in [0, 0.05) is 6.04 Å². The van der Waals surface area contributed by atoms with Crippen molar-refractivity contribution in [3.63, 3.8) is 0 Å². The molecule has 0 spiro atoms. The van der Waals surface area contributed by atoms with Gasteiger partial charge in [0.05, 0.1) is 0 Å². The zero-order chi connectivity index (χ0) is 12.1. The number of hydrogen-bond donors (Lipinski definition) is 2. The van der Waals surface area contributed by atoms with Crippen molar-refractivity contribution in [2.45, 2.75) is 32.1 Å². The molecular weight excluding hydrogens is 219 g/mol. The van der Waals surface area contributed by atoms with Gasteiger partial charge in [0.1, 0.15) is 5.75 Å². The first-order chi connectivity index (χ1) is 7.49. The summed E-state index contributed by atoms with van der Waals surface area (Å²) in [5.74, 6) is 0.107. The van der Waals surface area contributed by atoms with Crippen molar-refractivity contribution in [3.8, 4) is 5.75 Å². The van der Waals surface area contributed by atoms with Gasteiger partial charge in [-0.05, 0) is 31.0 Å². The molecule has 90 valence electrons. The fourth-order valence-corrected chi connectivity index (χ4v) is 1.44. The van der Waals surface area contributed by atoms with E-state index in [4.69, 9.17) is 0 Å². The number of alkyl halides is 3. The van der Waals surface area contributed by atoms with Gasteiger partial charge in [0.25, 0.3) is 6.43 Å². The van der Waals surface area contributed by atoms with Crippen molar-refractivity contribution < 1.29 is 18.3 Å². The fraction of sp³-hybridized carbons (Fsp3) is 0.455. The van der Waals surface area contributed by atoms with E-state index >= 15 is 0 Å². The van der Waals surface area contributed by atoms with Gasteiger partial charge >= 0.3 is 0 Å². The molecule has 0 radical (unpaired) electrons. The summed E-state index contributed by atoms with van der Waals surface area (Å²) in [6, 6.07) is 6.00. The molecule has 2 unspecified atom stereocenters. The lowest BCUT2D eigenvalue weighted by molar-refractivity contribution is 0.0250. The highest BCUT2D eigenvalue weighted by atomic mass is 19.3. The molecule has 0 aliphatic heterocycles. The molecular formula is C11H14F3NO. The third-order valence-corrected chi connectivity index (χ3v) is 2.12. The first kappa shape index (κ1) is 12.8. The first-order valence-electron chi connectivity index (χ1n) is 4.95. The number of rotatable bonds is 5. The van der Waals surface area contributed by atoms with E-state index in [1.807, 2.05) is 0 Å². The quantitative estimate of drug-likeness (QED) is 0.766. The Bertz CT molecular complexity index is 333. The van der Waals surface area contributed by atoms with Crippen LogP contribution in [0.25, 0.3) is 0 Å². The molecule has 2 atom stereocenters. The van der Waals surface area contributed by atoms with Crippen molar-refractivity contribution in [3.05, 3.63) is 29.8 Å². The Morgan fingerprint density at radius 1 is 1.31 bits per heavy atom. The van der Waals surface area contributed by atoms with Crippen LogP contribution in [0.4, 0.5) is 13.2 Å². The zero-order valence-corrected chi connectivity index (χ0v) is 8.83. The molecule has 0 bridgehead atoms. The SMILES string of the molecule is CC(Cc1cccc(O)c1)NC(F)C(F)F. The number of aromatic hydroxyl groups is 1. The summed E-state index contributed by atoms with van der Waals surface area (Å²) in [5, 5.41) is 11.3. The van der Waals surface area contributed by atoms with E-state index in [-0.39, 0.29) is 5.75 Å². The molecule has 0 saturated carbocycles. The molecule has 0 fully saturated rings. The molecule has 0 saturated heterocycles. The van der Waals surface area contributed by atoms with Gasteiger partial charge < -0.3 is 5.11 Å². The molecule has 0 aliphatic rings. The minimum atomic E-state index is -3.02. The average molecular weight is 233 g/mol. The normalized spacial score (nSPS) is 15.1. The highest BCUT2D eigenvalue weighted by molar-refractivity contribution is 5.27. The van der Waals surface area contributed by atoms with Gasteiger partial charge in [-0.3, -0.25) is 5.32 Å². The Kier molecular flexibility index (Phi) is 4.61. The summed E-state index contributed by atoms with van der Waals surface area (Å²) in [6.45, 7) is 1.61. The van der Waals surface area contributed by atoms with Crippen molar-refractivity contribution in [1.29, 1.82) is 0 Å². The maximum Gasteiger partial charge on any atom is 0.282 e. The monoisotopic (exact) mass is 233 g/mol. The molecule has 0 aliphatic carbocycles. The average Bonchev–Trinajstić information content (AvgIpc) is 2.16. The summed E-state index contributed by atoms with van der Waals surface area (Å²) in [4.78, 5) is 0. The van der Waals surface area contributed by atoms with Crippen LogP contribution in [-0.2, 0) is 6.42 Å². The molecule has 0 heterocycles. The van der Waals surface area contributed by atoms with Gasteiger partial charge in [-0.1, -0.05) is 12.1 Å². The Morgan fingerprint density at radius 2 is 2.00 bits per heavy atom. The van der Waals surface area contributed by atoms with Crippen molar-refractivity contribution in [1.82, 2.24) is 5.32 Å². The van der Waals surface area contributed by atoms with Crippen LogP contribution in [0, 0.1) is 0 Å². The molecule has 16 heavy (non-hydrogen) atoms. The van der Waals surface area contributed by atoms with E-state index in [2.05, 4.69) is 5.32 Å². The van der Waals surface area contributed by atoms with Crippen LogP contribution in [0.3, 0.4) is 0 Å². The van der Waals surface area contributed by atoms with E-state index in [0.717, 1.165) is 5.56 Å². The third kappa shape index (κ3) is 4.10. The summed E-state index contributed by atoms with van der Waals surface area (Å²) in [5.41, 5.74) is 0.765. The number of nitrogens with one attached hydrogen (secondary N) is 1. The molecule has 1 aromatic carbocycles. The van der Waals surface area contributed by atoms with Crippen LogP contribution in [-0.4, -0.2) is 23.9 Å². The van der Waals surface area contributed by atoms with E-state index in [1.165, 1.54) is 12.1 Å². The van der Waals surface area contributed by atoms with Gasteiger partial charge in [-0.2, -0.15) is 0 Å². The van der Waals surface area contributed by atoms with Crippen LogP contribution in [0.15, 0.2) is 24.3 Å². The minimum Gasteiger partial charge on any atom is -0.508 e. The van der Waals surface area contributed by atoms with Gasteiger partial charge in [0.15, 0.2) is 0 Å². The molecule has 1 rings (SSSR count). The maximum atomic E-state index is 12.6. The van der Waals surface area contributed by atoms with Gasteiger partial charge in [-0.25, -0.2) is 13.2 Å². The van der Waals surface area contributed by atoms with E-state index in [0.29, 0.717) is 6.42 Å². The Morgan fingerprint density at radius 3 is 2.56 bits per heavy atom. The van der Waals surface area contributed by atoms with Crippen LogP contribution in [0.5, 0.6) is 5.75 Å². The van der Waals surface area contributed by atoms with Gasteiger partial charge in [-0.15, -0.1) is 0 Å². The van der Waals surface area contributed by atoms with E-state index in [1.54, 1.807) is 19.1 Å². The second-order valence-electron chi connectivity index (χ2n) is 3.68. The number of halogens is 3. The lowest BCUT2D eigenvalue weighted by Crippen LogP contribution is -2.39. The molecule has 2 nitrogen and oxygen atoms in total. The molecule has 0 aromatic heterocycles. The zero-order valence-electron chi connectivity index (χ0n) is 8.83. The number of phenols is 1. The smallest absolute Gasteiger partial charge is 0.282 e. The van der Waals surface area contributed by atoms with Crippen LogP contribution < -0.4 is 5.32 Å². The second-order valence-corrected chi connectivity index (χ2v) is 3.68. The van der Waals surface area contributed by atoms with E-state index < -0.39 is 18.8 Å². The summed E-state index contributed by atoms with van der Waals surface area (Å²) in [7, 11) is 0. The first-order valence-corrected chi connectivity index (χ1v) is 4.95. The predicted molar refractivity (Wildman–Crippen MR) is 55.3 cm³/mol. The van der Waals surface area contributed by atoms with Crippen LogP contribution in [0.2, 0.25) is 0 Å². The summed E-state index contributed by atoms with van der Waals surface area (Å²) in [6.07, 6.45) is -4.96. The Hall–Kier alpha value is -1.23.